The van der Waals surface area contributed by atoms with Gasteiger partial charge in [0, 0.05) is 18.5 Å². The van der Waals surface area contributed by atoms with Crippen molar-refractivity contribution in [3.05, 3.63) is 17.0 Å². The number of nitrogens with one attached hydrogen (secondary N) is 1. The van der Waals surface area contributed by atoms with Crippen LogP contribution < -0.4 is 5.32 Å². The Balaban J connectivity index is 2.74. The van der Waals surface area contributed by atoms with Gasteiger partial charge in [0.1, 0.15) is 4.21 Å². The Labute approximate surface area is 120 Å². The van der Waals surface area contributed by atoms with Crippen LogP contribution in [0.5, 0.6) is 0 Å². The first kappa shape index (κ1) is 17.4. The minimum atomic E-state index is -4.36. The molecular weight excluding hydrogens is 313 g/mol. The summed E-state index contributed by atoms with van der Waals surface area (Å²) in [5, 5.41) is 2.95. The van der Waals surface area contributed by atoms with E-state index < -0.39 is 29.2 Å². The average molecular weight is 330 g/mol. The Morgan fingerprint density at radius 1 is 1.35 bits per heavy atom. The number of alkyl halides is 3. The molecule has 0 aliphatic carbocycles. The van der Waals surface area contributed by atoms with E-state index in [1.54, 1.807) is 13.1 Å². The van der Waals surface area contributed by atoms with E-state index in [9.17, 15) is 21.6 Å². The Morgan fingerprint density at radius 2 is 2.00 bits per heavy atom. The van der Waals surface area contributed by atoms with Crippen molar-refractivity contribution in [2.24, 2.45) is 0 Å². The molecule has 0 unspecified atom stereocenters. The number of hydrogen-bond donors (Lipinski definition) is 1. The van der Waals surface area contributed by atoms with Gasteiger partial charge in [0.05, 0.1) is 6.42 Å². The molecule has 20 heavy (non-hydrogen) atoms. The van der Waals surface area contributed by atoms with Gasteiger partial charge in [0.2, 0.25) is 0 Å². The van der Waals surface area contributed by atoms with Crippen LogP contribution in [0.1, 0.15) is 11.3 Å². The molecule has 0 saturated heterocycles. The number of hydrogen-bond acceptors (Lipinski definition) is 4. The van der Waals surface area contributed by atoms with Crippen LogP contribution in [-0.2, 0) is 16.4 Å². The molecule has 0 aromatic carbocycles. The zero-order valence-electron chi connectivity index (χ0n) is 11.2. The van der Waals surface area contributed by atoms with Gasteiger partial charge in [-0.1, -0.05) is 0 Å². The number of rotatable bonds is 7. The van der Waals surface area contributed by atoms with Gasteiger partial charge in [-0.05, 0) is 32.1 Å². The smallest absolute Gasteiger partial charge is 0.319 e. The zero-order chi connectivity index (χ0) is 15.4. The summed E-state index contributed by atoms with van der Waals surface area (Å²) in [5.74, 6) is 0. The fourth-order valence-electron chi connectivity index (χ4n) is 1.44. The molecule has 1 heterocycles. The monoisotopic (exact) mass is 330 g/mol. The van der Waals surface area contributed by atoms with E-state index >= 15 is 0 Å². The summed E-state index contributed by atoms with van der Waals surface area (Å²) in [6.07, 6.45) is -4.83. The minimum Gasteiger partial charge on any atom is -0.319 e. The highest BCUT2D eigenvalue weighted by molar-refractivity contribution is 7.91. The van der Waals surface area contributed by atoms with Gasteiger partial charge in [0.25, 0.3) is 10.0 Å². The standard InChI is InChI=1S/C11H17F3N2O2S2/c1-15-7-5-9-3-4-10(19-9)20(17,18)16(2)8-6-11(12,13)14/h3-4,15H,5-8H2,1-2H3. The highest BCUT2D eigenvalue weighted by Gasteiger charge is 2.30. The maximum absolute atomic E-state index is 12.1. The first-order chi connectivity index (χ1) is 9.16. The fourth-order valence-corrected chi connectivity index (χ4v) is 4.18. The van der Waals surface area contributed by atoms with Crippen molar-refractivity contribution in [2.45, 2.75) is 23.2 Å². The third-order valence-electron chi connectivity index (χ3n) is 2.63. The lowest BCUT2D eigenvalue weighted by Crippen LogP contribution is -2.30. The molecule has 1 N–H and O–H groups in total. The van der Waals surface area contributed by atoms with Crippen LogP contribution in [-0.4, -0.2) is 46.1 Å². The van der Waals surface area contributed by atoms with Gasteiger partial charge < -0.3 is 5.32 Å². The molecular formula is C11H17F3N2O2S2. The highest BCUT2D eigenvalue weighted by Crippen LogP contribution is 2.26. The minimum absolute atomic E-state index is 0.0771. The molecule has 0 fully saturated rings. The summed E-state index contributed by atoms with van der Waals surface area (Å²) in [6.45, 7) is 0.138. The Kier molecular flexibility index (Phi) is 5.99. The van der Waals surface area contributed by atoms with E-state index in [0.29, 0.717) is 13.0 Å². The number of likely N-dealkylation sites (N-methyl/N-ethyl adjacent to an activating group) is 1. The normalized spacial score (nSPS) is 13.1. The van der Waals surface area contributed by atoms with Gasteiger partial charge in [0.15, 0.2) is 0 Å². The average Bonchev–Trinajstić information content (AvgIpc) is 2.81. The topological polar surface area (TPSA) is 49.4 Å². The largest absolute Gasteiger partial charge is 0.390 e. The lowest BCUT2D eigenvalue weighted by atomic mass is 10.3. The Bertz CT molecular complexity index is 526. The van der Waals surface area contributed by atoms with Crippen molar-refractivity contribution in [3.8, 4) is 0 Å². The lowest BCUT2D eigenvalue weighted by molar-refractivity contribution is -0.135. The van der Waals surface area contributed by atoms with E-state index in [2.05, 4.69) is 5.32 Å². The molecule has 0 saturated carbocycles. The van der Waals surface area contributed by atoms with Gasteiger partial charge in [-0.3, -0.25) is 0 Å². The Hall–Kier alpha value is -0.640. The summed E-state index contributed by atoms with van der Waals surface area (Å²) >= 11 is 1.09. The fraction of sp³-hybridized carbons (Fsp3) is 0.636. The van der Waals surface area contributed by atoms with E-state index in [4.69, 9.17) is 0 Å². The number of thiophene rings is 1. The van der Waals surface area contributed by atoms with Crippen molar-refractivity contribution < 1.29 is 21.6 Å². The molecule has 0 aliphatic rings. The van der Waals surface area contributed by atoms with Gasteiger partial charge in [-0.25, -0.2) is 8.42 Å². The summed E-state index contributed by atoms with van der Waals surface area (Å²) in [5.41, 5.74) is 0. The first-order valence-corrected chi connectivity index (χ1v) is 8.19. The molecule has 0 amide bonds. The SMILES string of the molecule is CNCCc1ccc(S(=O)(=O)N(C)CCC(F)(F)F)s1. The summed E-state index contributed by atoms with van der Waals surface area (Å²) in [4.78, 5) is 0.877. The van der Waals surface area contributed by atoms with Crippen molar-refractivity contribution in [2.75, 3.05) is 27.2 Å². The van der Waals surface area contributed by atoms with Crippen LogP contribution >= 0.6 is 11.3 Å². The number of sulfonamides is 1. The molecule has 0 atom stereocenters. The van der Waals surface area contributed by atoms with Crippen molar-refractivity contribution in [1.82, 2.24) is 9.62 Å². The van der Waals surface area contributed by atoms with Crippen LogP contribution in [0.2, 0.25) is 0 Å². The molecule has 0 aliphatic heterocycles. The van der Waals surface area contributed by atoms with Crippen molar-refractivity contribution >= 4 is 21.4 Å². The molecule has 0 spiro atoms. The predicted molar refractivity (Wildman–Crippen MR) is 72.4 cm³/mol. The van der Waals surface area contributed by atoms with Crippen LogP contribution in [0.3, 0.4) is 0 Å². The van der Waals surface area contributed by atoms with Gasteiger partial charge in [-0.15, -0.1) is 11.3 Å². The Morgan fingerprint density at radius 3 is 2.55 bits per heavy atom. The van der Waals surface area contributed by atoms with E-state index in [-0.39, 0.29) is 4.21 Å². The van der Waals surface area contributed by atoms with Crippen LogP contribution in [0.4, 0.5) is 13.2 Å². The molecule has 0 bridgehead atoms. The number of nitrogens with zero attached hydrogens (tertiary/aromatic N) is 1. The van der Waals surface area contributed by atoms with Crippen LogP contribution in [0.25, 0.3) is 0 Å². The molecule has 4 nitrogen and oxygen atoms in total. The lowest BCUT2D eigenvalue weighted by Gasteiger charge is -2.16. The van der Waals surface area contributed by atoms with Gasteiger partial charge in [-0.2, -0.15) is 17.5 Å². The van der Waals surface area contributed by atoms with Crippen molar-refractivity contribution in [1.29, 1.82) is 0 Å². The molecule has 1 aromatic rings. The highest BCUT2D eigenvalue weighted by atomic mass is 32.2. The van der Waals surface area contributed by atoms with Crippen LogP contribution in [0, 0.1) is 0 Å². The second-order valence-electron chi connectivity index (χ2n) is 4.27. The van der Waals surface area contributed by atoms with Crippen molar-refractivity contribution in [3.63, 3.8) is 0 Å². The second-order valence-corrected chi connectivity index (χ2v) is 7.71. The summed E-state index contributed by atoms with van der Waals surface area (Å²) < 4.78 is 61.4. The third kappa shape index (κ3) is 5.04. The molecule has 1 aromatic heterocycles. The predicted octanol–water partition coefficient (Wildman–Crippen LogP) is 2.08. The summed E-state index contributed by atoms with van der Waals surface area (Å²) in [6, 6.07) is 3.13. The quantitative estimate of drug-likeness (QED) is 0.833. The van der Waals surface area contributed by atoms with E-state index in [0.717, 1.165) is 27.6 Å². The molecule has 116 valence electrons. The maximum Gasteiger partial charge on any atom is 0.390 e. The molecule has 9 heteroatoms. The number of halogens is 3. The van der Waals surface area contributed by atoms with Gasteiger partial charge >= 0.3 is 6.18 Å². The molecule has 0 radical (unpaired) electrons. The maximum atomic E-state index is 12.1. The third-order valence-corrected chi connectivity index (χ3v) is 6.10. The van der Waals surface area contributed by atoms with Crippen LogP contribution in [0.15, 0.2) is 16.3 Å². The van der Waals surface area contributed by atoms with E-state index in [1.807, 2.05) is 0 Å². The second kappa shape index (κ2) is 6.88. The first-order valence-electron chi connectivity index (χ1n) is 5.93. The summed E-state index contributed by atoms with van der Waals surface area (Å²) in [7, 11) is -0.886. The van der Waals surface area contributed by atoms with E-state index in [1.165, 1.54) is 6.07 Å². The zero-order valence-corrected chi connectivity index (χ0v) is 12.8. The molecule has 1 rings (SSSR count).